The predicted molar refractivity (Wildman–Crippen MR) is 132 cm³/mol. The van der Waals surface area contributed by atoms with Crippen LogP contribution in [0.1, 0.15) is 5.56 Å². The monoisotopic (exact) mass is 455 g/mol. The number of rotatable bonds is 5. The highest BCUT2D eigenvalue weighted by molar-refractivity contribution is 7.21. The zero-order valence-electron chi connectivity index (χ0n) is 17.8. The molecule has 0 saturated carbocycles. The molecule has 4 N–H and O–H groups in total. The lowest BCUT2D eigenvalue weighted by atomic mass is 10.1. The summed E-state index contributed by atoms with van der Waals surface area (Å²) in [5.41, 5.74) is 16.1. The number of carbonyl (C=O) groups is 1. The van der Waals surface area contributed by atoms with Gasteiger partial charge in [-0.2, -0.15) is 0 Å². The molecule has 0 unspecified atom stereocenters. The topological polar surface area (TPSA) is 116 Å². The van der Waals surface area contributed by atoms with Gasteiger partial charge in [0.2, 0.25) is 0 Å². The van der Waals surface area contributed by atoms with E-state index in [0.29, 0.717) is 18.1 Å². The first-order chi connectivity index (χ1) is 16.0. The number of aromatic nitrogens is 4. The van der Waals surface area contributed by atoms with E-state index in [1.54, 1.807) is 11.2 Å². The summed E-state index contributed by atoms with van der Waals surface area (Å²) in [5, 5.41) is 0.821. The van der Waals surface area contributed by atoms with Gasteiger partial charge >= 0.3 is 6.03 Å². The van der Waals surface area contributed by atoms with Gasteiger partial charge in [-0.1, -0.05) is 42.5 Å². The van der Waals surface area contributed by atoms with E-state index in [1.807, 2.05) is 72.3 Å². The number of hydrogen-bond donors (Lipinski definition) is 2. The van der Waals surface area contributed by atoms with Gasteiger partial charge in [0.15, 0.2) is 0 Å². The first-order valence-corrected chi connectivity index (χ1v) is 11.1. The Kier molecular flexibility index (Phi) is 5.23. The van der Waals surface area contributed by atoms with Gasteiger partial charge in [0, 0.05) is 18.3 Å². The second-order valence-corrected chi connectivity index (χ2v) is 8.63. The van der Waals surface area contributed by atoms with Crippen molar-refractivity contribution in [3.63, 3.8) is 0 Å². The maximum Gasteiger partial charge on any atom is 0.319 e. The Balaban J connectivity index is 1.57. The lowest BCUT2D eigenvalue weighted by Gasteiger charge is -2.21. The normalized spacial score (nSPS) is 11.1. The fourth-order valence-electron chi connectivity index (χ4n) is 3.81. The van der Waals surface area contributed by atoms with Crippen molar-refractivity contribution in [3.8, 4) is 21.8 Å². The molecule has 5 rings (SSSR count). The number of anilines is 2. The van der Waals surface area contributed by atoms with Crippen molar-refractivity contribution < 1.29 is 4.79 Å². The summed E-state index contributed by atoms with van der Waals surface area (Å²) in [7, 11) is 1.94. The minimum absolute atomic E-state index is 0.378. The first kappa shape index (κ1) is 20.7. The number of amides is 2. The van der Waals surface area contributed by atoms with Gasteiger partial charge in [-0.15, -0.1) is 11.3 Å². The summed E-state index contributed by atoms with van der Waals surface area (Å²) >= 11 is 1.53. The van der Waals surface area contributed by atoms with Crippen molar-refractivity contribution in [1.82, 2.24) is 19.5 Å². The molecule has 0 fully saturated rings. The number of aryl methyl sites for hydroxylation is 1. The quantitative estimate of drug-likeness (QED) is 0.407. The van der Waals surface area contributed by atoms with Crippen LogP contribution >= 0.6 is 11.3 Å². The number of hydrogen-bond acceptors (Lipinski definition) is 6. The van der Waals surface area contributed by atoms with Gasteiger partial charge in [0.05, 0.1) is 34.5 Å². The summed E-state index contributed by atoms with van der Waals surface area (Å²) in [6, 6.07) is 18.9. The highest BCUT2D eigenvalue weighted by atomic mass is 32.1. The molecule has 0 aliphatic rings. The molecule has 3 heterocycles. The largest absolute Gasteiger partial charge is 0.383 e. The standard InChI is InChI=1S/C24H21N7OS/c1-30-14-29-20(21(30)19-11-18-22(25)27-13-28-23(18)33-19)16-8-5-9-17(10-16)31(24(26)32)12-15-6-3-2-4-7-15/h2-11,13-14H,12H2,1H3,(H2,26,32)(H2,25,27,28). The fourth-order valence-corrected chi connectivity index (χ4v) is 4.90. The van der Waals surface area contributed by atoms with E-state index in [4.69, 9.17) is 11.5 Å². The smallest absolute Gasteiger partial charge is 0.319 e. The Hall–Kier alpha value is -4.24. The van der Waals surface area contributed by atoms with Gasteiger partial charge in [0.1, 0.15) is 17.0 Å². The van der Waals surface area contributed by atoms with Crippen LogP contribution < -0.4 is 16.4 Å². The van der Waals surface area contributed by atoms with E-state index in [9.17, 15) is 4.79 Å². The summed E-state index contributed by atoms with van der Waals surface area (Å²) < 4.78 is 1.96. The molecule has 2 aromatic carbocycles. The lowest BCUT2D eigenvalue weighted by molar-refractivity contribution is 0.253. The number of thiophene rings is 1. The Bertz CT molecular complexity index is 1460. The molecule has 3 aromatic heterocycles. The number of fused-ring (bicyclic) bond motifs is 1. The minimum atomic E-state index is -0.518. The SMILES string of the molecule is Cn1cnc(-c2cccc(N(Cc3ccccc3)C(N)=O)c2)c1-c1cc2c(N)ncnc2s1. The van der Waals surface area contributed by atoms with Gasteiger partial charge in [-0.25, -0.2) is 19.7 Å². The molecule has 9 heteroatoms. The van der Waals surface area contributed by atoms with Crippen molar-refractivity contribution in [2.24, 2.45) is 12.8 Å². The third-order valence-corrected chi connectivity index (χ3v) is 6.46. The van der Waals surface area contributed by atoms with Crippen LogP contribution in [0.2, 0.25) is 0 Å². The molecule has 0 aliphatic carbocycles. The molecule has 8 nitrogen and oxygen atoms in total. The number of benzene rings is 2. The summed E-state index contributed by atoms with van der Waals surface area (Å²) in [4.78, 5) is 28.7. The molecule has 2 amide bonds. The van der Waals surface area contributed by atoms with Gasteiger partial charge in [-0.05, 0) is 23.8 Å². The van der Waals surface area contributed by atoms with Crippen molar-refractivity contribution in [2.75, 3.05) is 10.6 Å². The van der Waals surface area contributed by atoms with Crippen molar-refractivity contribution in [2.45, 2.75) is 6.54 Å². The molecule has 33 heavy (non-hydrogen) atoms. The number of urea groups is 1. The summed E-state index contributed by atoms with van der Waals surface area (Å²) in [6.45, 7) is 0.378. The Morgan fingerprint density at radius 2 is 1.88 bits per heavy atom. The van der Waals surface area contributed by atoms with Crippen LogP contribution in [0.25, 0.3) is 32.0 Å². The van der Waals surface area contributed by atoms with E-state index in [1.165, 1.54) is 17.7 Å². The van der Waals surface area contributed by atoms with Gasteiger partial charge < -0.3 is 16.0 Å². The second-order valence-electron chi connectivity index (χ2n) is 7.60. The number of primary amides is 1. The predicted octanol–water partition coefficient (Wildman–Crippen LogP) is 4.43. The zero-order chi connectivity index (χ0) is 22.9. The first-order valence-electron chi connectivity index (χ1n) is 10.2. The molecule has 0 aliphatic heterocycles. The molecule has 0 spiro atoms. The van der Waals surface area contributed by atoms with Crippen LogP contribution in [0.15, 0.2) is 73.3 Å². The molecule has 0 bridgehead atoms. The van der Waals surface area contributed by atoms with Gasteiger partial charge in [0.25, 0.3) is 0 Å². The second kappa shape index (κ2) is 8.36. The van der Waals surface area contributed by atoms with Crippen LogP contribution in [0.4, 0.5) is 16.3 Å². The van der Waals surface area contributed by atoms with Crippen LogP contribution in [-0.4, -0.2) is 25.6 Å². The van der Waals surface area contributed by atoms with Crippen LogP contribution in [0.3, 0.4) is 0 Å². The number of carbonyl (C=O) groups excluding carboxylic acids is 1. The molecule has 164 valence electrons. The van der Waals surface area contributed by atoms with Crippen LogP contribution in [0.5, 0.6) is 0 Å². The Morgan fingerprint density at radius 3 is 2.64 bits per heavy atom. The third kappa shape index (κ3) is 3.90. The molecule has 0 radical (unpaired) electrons. The average Bonchev–Trinajstić information content (AvgIpc) is 3.42. The molecule has 0 saturated heterocycles. The van der Waals surface area contributed by atoms with Crippen molar-refractivity contribution in [1.29, 1.82) is 0 Å². The third-order valence-electron chi connectivity index (χ3n) is 5.41. The number of imidazole rings is 1. The lowest BCUT2D eigenvalue weighted by Crippen LogP contribution is -2.35. The van der Waals surface area contributed by atoms with Crippen LogP contribution in [0, 0.1) is 0 Å². The minimum Gasteiger partial charge on any atom is -0.383 e. The highest BCUT2D eigenvalue weighted by Gasteiger charge is 2.19. The van der Waals surface area contributed by atoms with E-state index in [0.717, 1.165) is 37.6 Å². The van der Waals surface area contributed by atoms with Crippen molar-refractivity contribution >= 4 is 39.1 Å². The van der Waals surface area contributed by atoms with Crippen LogP contribution in [-0.2, 0) is 13.6 Å². The van der Waals surface area contributed by atoms with Gasteiger partial charge in [-0.3, -0.25) is 4.90 Å². The molecule has 0 atom stereocenters. The number of nitrogen functional groups attached to an aromatic ring is 1. The zero-order valence-corrected chi connectivity index (χ0v) is 18.7. The fraction of sp³-hybridized carbons (Fsp3) is 0.0833. The Labute approximate surface area is 194 Å². The Morgan fingerprint density at radius 1 is 1.06 bits per heavy atom. The summed E-state index contributed by atoms with van der Waals surface area (Å²) in [5.74, 6) is 0.450. The molecular formula is C24H21N7OS. The number of nitrogens with two attached hydrogens (primary N) is 2. The number of nitrogens with zero attached hydrogens (tertiary/aromatic N) is 5. The highest BCUT2D eigenvalue weighted by Crippen LogP contribution is 2.39. The maximum absolute atomic E-state index is 12.3. The maximum atomic E-state index is 12.3. The van der Waals surface area contributed by atoms with E-state index < -0.39 is 6.03 Å². The van der Waals surface area contributed by atoms with E-state index >= 15 is 0 Å². The molecular weight excluding hydrogens is 434 g/mol. The van der Waals surface area contributed by atoms with E-state index in [-0.39, 0.29) is 0 Å². The van der Waals surface area contributed by atoms with Crippen molar-refractivity contribution in [3.05, 3.63) is 78.9 Å². The summed E-state index contributed by atoms with van der Waals surface area (Å²) in [6.07, 6.45) is 3.24. The average molecular weight is 456 g/mol. The van der Waals surface area contributed by atoms with E-state index in [2.05, 4.69) is 15.0 Å². The molecule has 5 aromatic rings.